The molecule has 0 aromatic heterocycles. The number of ether oxygens (including phenoxy) is 1. The first-order chi connectivity index (χ1) is 13.3. The van der Waals surface area contributed by atoms with E-state index in [-0.39, 0.29) is 18.4 Å². The number of hydrogen-bond acceptors (Lipinski definition) is 3. The van der Waals surface area contributed by atoms with Gasteiger partial charge in [-0.05, 0) is 63.4 Å². The van der Waals surface area contributed by atoms with Crippen LogP contribution in [0.5, 0.6) is 5.75 Å². The molecule has 0 fully saturated rings. The molecule has 5 nitrogen and oxygen atoms in total. The Morgan fingerprint density at radius 1 is 1.04 bits per heavy atom. The van der Waals surface area contributed by atoms with Crippen LogP contribution in [0.15, 0.2) is 42.5 Å². The maximum Gasteiger partial charge on any atom is 0.261 e. The van der Waals surface area contributed by atoms with Gasteiger partial charge >= 0.3 is 0 Å². The number of nitrogens with zero attached hydrogens (tertiary/aromatic N) is 1. The zero-order valence-electron chi connectivity index (χ0n) is 17.4. The summed E-state index contributed by atoms with van der Waals surface area (Å²) in [5.41, 5.74) is 4.40. The van der Waals surface area contributed by atoms with E-state index >= 15 is 0 Å². The quantitative estimate of drug-likeness (QED) is 0.760. The van der Waals surface area contributed by atoms with Crippen molar-refractivity contribution in [2.75, 3.05) is 13.2 Å². The van der Waals surface area contributed by atoms with E-state index in [1.54, 1.807) is 11.8 Å². The second kappa shape index (κ2) is 9.93. The Bertz CT molecular complexity index is 815. The predicted octanol–water partition coefficient (Wildman–Crippen LogP) is 3.54. The smallest absolute Gasteiger partial charge is 0.261 e. The Balaban J connectivity index is 2.13. The highest BCUT2D eigenvalue weighted by atomic mass is 16.5. The summed E-state index contributed by atoms with van der Waals surface area (Å²) in [5.74, 6) is 0.254. The molecular formula is C23H30N2O3. The second-order valence-corrected chi connectivity index (χ2v) is 7.11. The number of nitrogens with one attached hydrogen (secondary N) is 1. The van der Waals surface area contributed by atoms with Crippen molar-refractivity contribution in [1.82, 2.24) is 10.2 Å². The molecule has 0 unspecified atom stereocenters. The molecule has 0 bridgehead atoms. The first-order valence-corrected chi connectivity index (χ1v) is 9.64. The third-order valence-electron chi connectivity index (χ3n) is 4.83. The summed E-state index contributed by atoms with van der Waals surface area (Å²) in [5, 5.41) is 2.79. The molecule has 28 heavy (non-hydrogen) atoms. The highest BCUT2D eigenvalue weighted by Crippen LogP contribution is 2.17. The van der Waals surface area contributed by atoms with Crippen molar-refractivity contribution in [3.63, 3.8) is 0 Å². The molecule has 2 rings (SSSR count). The van der Waals surface area contributed by atoms with Gasteiger partial charge in [0, 0.05) is 13.1 Å². The molecule has 0 saturated heterocycles. The zero-order chi connectivity index (χ0) is 20.7. The first-order valence-electron chi connectivity index (χ1n) is 9.64. The molecule has 2 aromatic carbocycles. The van der Waals surface area contributed by atoms with E-state index in [9.17, 15) is 9.59 Å². The van der Waals surface area contributed by atoms with Gasteiger partial charge in [0.15, 0.2) is 6.61 Å². The molecule has 2 amide bonds. The number of hydrogen-bond donors (Lipinski definition) is 1. The number of likely N-dealkylation sites (N-methyl/N-ethyl adjacent to an activating group) is 1. The van der Waals surface area contributed by atoms with Crippen molar-refractivity contribution in [3.8, 4) is 5.75 Å². The van der Waals surface area contributed by atoms with E-state index < -0.39 is 6.04 Å². The van der Waals surface area contributed by atoms with E-state index in [4.69, 9.17) is 4.74 Å². The van der Waals surface area contributed by atoms with Crippen LogP contribution in [-0.2, 0) is 16.1 Å². The van der Waals surface area contributed by atoms with E-state index in [1.165, 1.54) is 5.56 Å². The Morgan fingerprint density at radius 2 is 1.71 bits per heavy atom. The Hall–Kier alpha value is -2.82. The van der Waals surface area contributed by atoms with Crippen LogP contribution in [0.25, 0.3) is 0 Å². The minimum absolute atomic E-state index is 0.113. The number of carbonyl (C=O) groups is 2. The van der Waals surface area contributed by atoms with Gasteiger partial charge in [0.05, 0.1) is 0 Å². The lowest BCUT2D eigenvalue weighted by Gasteiger charge is -2.28. The number of amides is 2. The normalized spacial score (nSPS) is 11.6. The molecule has 1 atom stereocenters. The van der Waals surface area contributed by atoms with Crippen LogP contribution in [0, 0.1) is 20.8 Å². The van der Waals surface area contributed by atoms with Gasteiger partial charge in [-0.2, -0.15) is 0 Å². The standard InChI is InChI=1S/C23H30N2O3/c1-6-24-23(27)19(5)25(14-20-10-7-16(2)8-11-20)22(26)15-28-21-12-9-17(3)18(4)13-21/h7-13,19H,6,14-15H2,1-5H3,(H,24,27)/t19-/m1/s1. The summed E-state index contributed by atoms with van der Waals surface area (Å²) >= 11 is 0. The van der Waals surface area contributed by atoms with Gasteiger partial charge in [0.25, 0.3) is 5.91 Å². The first kappa shape index (κ1) is 21.5. The van der Waals surface area contributed by atoms with Crippen molar-refractivity contribution >= 4 is 11.8 Å². The molecule has 0 spiro atoms. The summed E-state index contributed by atoms with van der Waals surface area (Å²) in [7, 11) is 0. The van der Waals surface area contributed by atoms with Crippen LogP contribution in [-0.4, -0.2) is 35.9 Å². The van der Waals surface area contributed by atoms with Crippen molar-refractivity contribution in [1.29, 1.82) is 0 Å². The van der Waals surface area contributed by atoms with Gasteiger partial charge in [0.2, 0.25) is 5.91 Å². The van der Waals surface area contributed by atoms with E-state index in [0.717, 1.165) is 16.7 Å². The maximum absolute atomic E-state index is 12.9. The average molecular weight is 383 g/mol. The molecule has 0 saturated carbocycles. The van der Waals surface area contributed by atoms with Crippen LogP contribution >= 0.6 is 0 Å². The van der Waals surface area contributed by atoms with Crippen LogP contribution in [0.2, 0.25) is 0 Å². The molecule has 0 aliphatic heterocycles. The van der Waals surface area contributed by atoms with Crippen LogP contribution < -0.4 is 10.1 Å². The maximum atomic E-state index is 12.9. The van der Waals surface area contributed by atoms with Crippen LogP contribution in [0.4, 0.5) is 0 Å². The van der Waals surface area contributed by atoms with Crippen LogP contribution in [0.3, 0.4) is 0 Å². The summed E-state index contributed by atoms with van der Waals surface area (Å²) in [6.07, 6.45) is 0. The van der Waals surface area contributed by atoms with E-state index in [2.05, 4.69) is 5.32 Å². The van der Waals surface area contributed by atoms with Gasteiger partial charge in [-0.15, -0.1) is 0 Å². The molecule has 0 radical (unpaired) electrons. The van der Waals surface area contributed by atoms with E-state index in [0.29, 0.717) is 18.8 Å². The SMILES string of the molecule is CCNC(=O)[C@@H](C)N(Cc1ccc(C)cc1)C(=O)COc1ccc(C)c(C)c1. The summed E-state index contributed by atoms with van der Waals surface area (Å²) in [6.45, 7) is 10.4. The molecule has 1 N–H and O–H groups in total. The number of benzene rings is 2. The second-order valence-electron chi connectivity index (χ2n) is 7.11. The Kier molecular flexibility index (Phi) is 7.61. The summed E-state index contributed by atoms with van der Waals surface area (Å²) in [6, 6.07) is 13.1. The van der Waals surface area contributed by atoms with Gasteiger partial charge in [-0.25, -0.2) is 0 Å². The van der Waals surface area contributed by atoms with Crippen molar-refractivity contribution < 1.29 is 14.3 Å². The number of carbonyl (C=O) groups excluding carboxylic acids is 2. The van der Waals surface area contributed by atoms with Crippen LogP contribution in [0.1, 0.15) is 36.1 Å². The van der Waals surface area contributed by atoms with Gasteiger partial charge in [-0.1, -0.05) is 35.9 Å². The minimum Gasteiger partial charge on any atom is -0.484 e. The lowest BCUT2D eigenvalue weighted by Crippen LogP contribution is -2.49. The molecule has 2 aromatic rings. The summed E-state index contributed by atoms with van der Waals surface area (Å²) < 4.78 is 5.71. The summed E-state index contributed by atoms with van der Waals surface area (Å²) in [4.78, 5) is 26.8. The Morgan fingerprint density at radius 3 is 2.32 bits per heavy atom. The van der Waals surface area contributed by atoms with Crippen molar-refractivity contribution in [2.24, 2.45) is 0 Å². The predicted molar refractivity (Wildman–Crippen MR) is 111 cm³/mol. The lowest BCUT2D eigenvalue weighted by molar-refractivity contribution is -0.142. The topological polar surface area (TPSA) is 58.6 Å². The molecule has 5 heteroatoms. The van der Waals surface area contributed by atoms with Crippen molar-refractivity contribution in [3.05, 3.63) is 64.7 Å². The number of rotatable bonds is 8. The lowest BCUT2D eigenvalue weighted by atomic mass is 10.1. The third-order valence-corrected chi connectivity index (χ3v) is 4.83. The number of aryl methyl sites for hydroxylation is 3. The zero-order valence-corrected chi connectivity index (χ0v) is 17.4. The fourth-order valence-corrected chi connectivity index (χ4v) is 2.83. The monoisotopic (exact) mass is 382 g/mol. The molecule has 0 aliphatic carbocycles. The average Bonchev–Trinajstić information content (AvgIpc) is 2.68. The van der Waals surface area contributed by atoms with Crippen molar-refractivity contribution in [2.45, 2.75) is 47.2 Å². The molecule has 0 heterocycles. The highest BCUT2D eigenvalue weighted by Gasteiger charge is 2.26. The highest BCUT2D eigenvalue weighted by molar-refractivity contribution is 5.87. The van der Waals surface area contributed by atoms with Gasteiger partial charge < -0.3 is 15.0 Å². The van der Waals surface area contributed by atoms with E-state index in [1.807, 2.05) is 70.2 Å². The molecule has 0 aliphatic rings. The fourth-order valence-electron chi connectivity index (χ4n) is 2.83. The van der Waals surface area contributed by atoms with Gasteiger partial charge in [-0.3, -0.25) is 9.59 Å². The fraction of sp³-hybridized carbons (Fsp3) is 0.391. The largest absolute Gasteiger partial charge is 0.484 e. The van der Waals surface area contributed by atoms with Gasteiger partial charge in [0.1, 0.15) is 11.8 Å². The third kappa shape index (κ3) is 5.84. The molecule has 150 valence electrons. The minimum atomic E-state index is -0.586. The molecular weight excluding hydrogens is 352 g/mol. The Labute approximate surface area is 167 Å².